The van der Waals surface area contributed by atoms with Gasteiger partial charge in [0.2, 0.25) is 10.0 Å². The number of halogens is 1. The highest BCUT2D eigenvalue weighted by Gasteiger charge is 2.23. The molecule has 1 N–H and O–H groups in total. The lowest BCUT2D eigenvalue weighted by Gasteiger charge is -2.18. The molecular weight excluding hydrogens is 267 g/mol. The zero-order chi connectivity index (χ0) is 14.6. The van der Waals surface area contributed by atoms with Crippen molar-refractivity contribution in [1.29, 1.82) is 0 Å². The summed E-state index contributed by atoms with van der Waals surface area (Å²) < 4.78 is 39.2. The average Bonchev–Trinajstić information content (AvgIpc) is 2.35. The molecule has 1 aromatic carbocycles. The number of nitrogens with one attached hydrogen (secondary N) is 1. The van der Waals surface area contributed by atoms with Gasteiger partial charge in [0.05, 0.1) is 4.90 Å². The second kappa shape index (κ2) is 6.45. The van der Waals surface area contributed by atoms with E-state index >= 15 is 0 Å². The van der Waals surface area contributed by atoms with Crippen molar-refractivity contribution in [3.8, 4) is 0 Å². The van der Waals surface area contributed by atoms with E-state index in [0.717, 1.165) is 6.07 Å². The molecule has 0 aromatic heterocycles. The standard InChI is InChI=1S/C13H21FN2O2S/c1-5-16(4)19(17,18)13-8-12(14)7-6-11(13)9-15-10(2)3/h6-8,10,15H,5,9H2,1-4H3. The molecule has 1 rings (SSSR count). The summed E-state index contributed by atoms with van der Waals surface area (Å²) >= 11 is 0. The molecule has 19 heavy (non-hydrogen) atoms. The van der Waals surface area contributed by atoms with E-state index < -0.39 is 15.8 Å². The summed E-state index contributed by atoms with van der Waals surface area (Å²) in [5.74, 6) is -0.545. The largest absolute Gasteiger partial charge is 0.310 e. The first-order valence-corrected chi connectivity index (χ1v) is 7.71. The van der Waals surface area contributed by atoms with Crippen LogP contribution in [-0.2, 0) is 16.6 Å². The Balaban J connectivity index is 3.21. The van der Waals surface area contributed by atoms with E-state index in [1.54, 1.807) is 6.92 Å². The van der Waals surface area contributed by atoms with E-state index in [0.29, 0.717) is 18.7 Å². The minimum atomic E-state index is -3.64. The first kappa shape index (κ1) is 16.1. The monoisotopic (exact) mass is 288 g/mol. The van der Waals surface area contributed by atoms with Crippen molar-refractivity contribution >= 4 is 10.0 Å². The molecule has 0 saturated carbocycles. The molecule has 0 bridgehead atoms. The topological polar surface area (TPSA) is 49.4 Å². The Kier molecular flexibility index (Phi) is 5.46. The lowest BCUT2D eigenvalue weighted by molar-refractivity contribution is 0.482. The Labute approximate surface area is 114 Å². The molecule has 0 saturated heterocycles. The zero-order valence-corrected chi connectivity index (χ0v) is 12.6. The number of hydrogen-bond acceptors (Lipinski definition) is 3. The van der Waals surface area contributed by atoms with Gasteiger partial charge >= 0.3 is 0 Å². The molecule has 1 aromatic rings. The Morgan fingerprint density at radius 1 is 1.37 bits per heavy atom. The second-order valence-corrected chi connectivity index (χ2v) is 6.72. The van der Waals surface area contributed by atoms with Crippen LogP contribution >= 0.6 is 0 Å². The first-order valence-electron chi connectivity index (χ1n) is 6.27. The van der Waals surface area contributed by atoms with Crippen LogP contribution in [0.1, 0.15) is 26.3 Å². The zero-order valence-electron chi connectivity index (χ0n) is 11.8. The smallest absolute Gasteiger partial charge is 0.243 e. The third-order valence-electron chi connectivity index (χ3n) is 2.86. The average molecular weight is 288 g/mol. The Morgan fingerprint density at radius 3 is 2.53 bits per heavy atom. The Morgan fingerprint density at radius 2 is 2.00 bits per heavy atom. The van der Waals surface area contributed by atoms with Crippen molar-refractivity contribution in [3.05, 3.63) is 29.6 Å². The molecule has 0 amide bonds. The van der Waals surface area contributed by atoms with E-state index in [2.05, 4.69) is 5.32 Å². The summed E-state index contributed by atoms with van der Waals surface area (Å²) in [7, 11) is -2.15. The maximum Gasteiger partial charge on any atom is 0.243 e. The van der Waals surface area contributed by atoms with Gasteiger partial charge in [-0.05, 0) is 17.7 Å². The molecule has 0 aliphatic carbocycles. The van der Waals surface area contributed by atoms with Crippen LogP contribution in [0.3, 0.4) is 0 Å². The fourth-order valence-corrected chi connectivity index (χ4v) is 2.98. The van der Waals surface area contributed by atoms with Gasteiger partial charge < -0.3 is 5.32 Å². The normalized spacial score (nSPS) is 12.4. The summed E-state index contributed by atoms with van der Waals surface area (Å²) in [6.07, 6.45) is 0. The van der Waals surface area contributed by atoms with Gasteiger partial charge in [-0.15, -0.1) is 0 Å². The molecule has 6 heteroatoms. The number of benzene rings is 1. The highest BCUT2D eigenvalue weighted by atomic mass is 32.2. The maximum absolute atomic E-state index is 13.3. The molecule has 0 radical (unpaired) electrons. The fourth-order valence-electron chi connectivity index (χ4n) is 1.57. The van der Waals surface area contributed by atoms with Gasteiger partial charge in [0, 0.05) is 26.2 Å². The third kappa shape index (κ3) is 3.99. The molecule has 0 spiro atoms. The van der Waals surface area contributed by atoms with E-state index in [-0.39, 0.29) is 10.9 Å². The van der Waals surface area contributed by atoms with Gasteiger partial charge in [-0.25, -0.2) is 17.1 Å². The van der Waals surface area contributed by atoms with Crippen LogP contribution in [-0.4, -0.2) is 32.4 Å². The Hall–Kier alpha value is -0.980. The van der Waals surface area contributed by atoms with E-state index in [9.17, 15) is 12.8 Å². The molecular formula is C13H21FN2O2S. The summed E-state index contributed by atoms with van der Waals surface area (Å²) in [6, 6.07) is 4.10. The van der Waals surface area contributed by atoms with Gasteiger partial charge in [-0.3, -0.25) is 0 Å². The molecule has 0 atom stereocenters. The maximum atomic E-state index is 13.3. The lowest BCUT2D eigenvalue weighted by atomic mass is 10.2. The van der Waals surface area contributed by atoms with Crippen molar-refractivity contribution < 1.29 is 12.8 Å². The van der Waals surface area contributed by atoms with Gasteiger partial charge in [0.25, 0.3) is 0 Å². The fraction of sp³-hybridized carbons (Fsp3) is 0.538. The summed E-state index contributed by atoms with van der Waals surface area (Å²) in [4.78, 5) is 0.0324. The van der Waals surface area contributed by atoms with Gasteiger partial charge in [-0.1, -0.05) is 26.8 Å². The number of hydrogen-bond donors (Lipinski definition) is 1. The van der Waals surface area contributed by atoms with Crippen LogP contribution in [0.5, 0.6) is 0 Å². The third-order valence-corrected chi connectivity index (χ3v) is 4.88. The van der Waals surface area contributed by atoms with E-state index in [1.165, 1.54) is 23.5 Å². The van der Waals surface area contributed by atoms with Crippen LogP contribution in [0.4, 0.5) is 4.39 Å². The number of nitrogens with zero attached hydrogens (tertiary/aromatic N) is 1. The molecule has 0 heterocycles. The van der Waals surface area contributed by atoms with Crippen LogP contribution < -0.4 is 5.32 Å². The molecule has 0 fully saturated rings. The lowest BCUT2D eigenvalue weighted by Crippen LogP contribution is -2.29. The van der Waals surface area contributed by atoms with Crippen molar-refractivity contribution in [2.45, 2.75) is 38.3 Å². The van der Waals surface area contributed by atoms with Crippen LogP contribution in [0.15, 0.2) is 23.1 Å². The van der Waals surface area contributed by atoms with Gasteiger partial charge in [0.1, 0.15) is 5.82 Å². The second-order valence-electron chi connectivity index (χ2n) is 4.71. The SMILES string of the molecule is CCN(C)S(=O)(=O)c1cc(F)ccc1CNC(C)C. The number of rotatable bonds is 6. The summed E-state index contributed by atoms with van der Waals surface area (Å²) in [5.41, 5.74) is 0.579. The predicted molar refractivity (Wildman–Crippen MR) is 73.9 cm³/mol. The van der Waals surface area contributed by atoms with Gasteiger partial charge in [0.15, 0.2) is 0 Å². The van der Waals surface area contributed by atoms with Crippen molar-refractivity contribution in [3.63, 3.8) is 0 Å². The molecule has 4 nitrogen and oxygen atoms in total. The van der Waals surface area contributed by atoms with E-state index in [4.69, 9.17) is 0 Å². The quantitative estimate of drug-likeness (QED) is 0.870. The van der Waals surface area contributed by atoms with Crippen LogP contribution in [0.25, 0.3) is 0 Å². The minimum Gasteiger partial charge on any atom is -0.310 e. The Bertz CT molecular complexity index is 529. The summed E-state index contributed by atoms with van der Waals surface area (Å²) in [5, 5.41) is 3.15. The molecule has 0 aliphatic heterocycles. The van der Waals surface area contributed by atoms with Crippen LogP contribution in [0.2, 0.25) is 0 Å². The highest BCUT2D eigenvalue weighted by molar-refractivity contribution is 7.89. The first-order chi connectivity index (χ1) is 8.78. The minimum absolute atomic E-state index is 0.0324. The van der Waals surface area contributed by atoms with Crippen molar-refractivity contribution in [2.24, 2.45) is 0 Å². The predicted octanol–water partition coefficient (Wildman–Crippen LogP) is 1.96. The number of sulfonamides is 1. The van der Waals surface area contributed by atoms with Crippen molar-refractivity contribution in [1.82, 2.24) is 9.62 Å². The molecule has 0 unspecified atom stereocenters. The highest BCUT2D eigenvalue weighted by Crippen LogP contribution is 2.20. The van der Waals surface area contributed by atoms with E-state index in [1.807, 2.05) is 13.8 Å². The summed E-state index contributed by atoms with van der Waals surface area (Å²) in [6.45, 7) is 6.41. The van der Waals surface area contributed by atoms with Gasteiger partial charge in [-0.2, -0.15) is 0 Å². The molecule has 0 aliphatic rings. The van der Waals surface area contributed by atoms with Crippen molar-refractivity contribution in [2.75, 3.05) is 13.6 Å². The van der Waals surface area contributed by atoms with Crippen LogP contribution in [0, 0.1) is 5.82 Å². The molecule has 108 valence electrons.